The summed E-state index contributed by atoms with van der Waals surface area (Å²) < 4.78 is 13.3. The minimum atomic E-state index is -0.983. The number of aromatic nitrogens is 2. The van der Waals surface area contributed by atoms with E-state index in [0.29, 0.717) is 64.5 Å². The summed E-state index contributed by atoms with van der Waals surface area (Å²) in [5, 5.41) is 2.10. The normalized spacial score (nSPS) is 10.6. The summed E-state index contributed by atoms with van der Waals surface area (Å²) in [5.74, 6) is -2.23. The number of amides is 2. The number of nitrogens with two attached hydrogens (primary N) is 2. The Bertz CT molecular complexity index is 3140. The maximum absolute atomic E-state index is 12.8. The molecule has 8 aromatic rings. The molecule has 2 heterocycles. The van der Waals surface area contributed by atoms with Crippen molar-refractivity contribution in [3.8, 4) is 33.8 Å². The summed E-state index contributed by atoms with van der Waals surface area (Å²) in [6, 6.07) is 44.1. The van der Waals surface area contributed by atoms with Crippen LogP contribution in [-0.2, 0) is 21.5 Å². The Hall–Kier alpha value is -7.76. The summed E-state index contributed by atoms with van der Waals surface area (Å²) in [6.45, 7) is 16.5. The van der Waals surface area contributed by atoms with Crippen molar-refractivity contribution >= 4 is 73.3 Å². The van der Waals surface area contributed by atoms with Gasteiger partial charge in [0.2, 0.25) is 0 Å². The van der Waals surface area contributed by atoms with Gasteiger partial charge in [-0.25, -0.2) is 0 Å². The topological polar surface area (TPSA) is 160 Å². The lowest BCUT2D eigenvalue weighted by molar-refractivity contribution is -0.114. The van der Waals surface area contributed by atoms with Crippen molar-refractivity contribution in [1.82, 2.24) is 9.55 Å². The Kier molecular flexibility index (Phi) is 16.3. The third kappa shape index (κ3) is 10.5. The van der Waals surface area contributed by atoms with Crippen LogP contribution < -0.4 is 20.9 Å². The molecule has 0 unspecified atom stereocenters. The van der Waals surface area contributed by atoms with E-state index in [2.05, 4.69) is 94.7 Å². The zero-order chi connectivity index (χ0) is 48.2. The quantitative estimate of drug-likeness (QED) is 0.0527. The number of ether oxygens (including phenoxy) is 2. The minimum Gasteiger partial charge on any atom is -0.493 e. The van der Waals surface area contributed by atoms with E-state index in [9.17, 15) is 19.2 Å². The van der Waals surface area contributed by atoms with Crippen LogP contribution in [0.4, 0.5) is 0 Å². The number of fused-ring (bicyclic) bond motifs is 2. The van der Waals surface area contributed by atoms with E-state index in [1.54, 1.807) is 13.0 Å². The molecule has 6 aromatic carbocycles. The molecule has 2 amide bonds. The van der Waals surface area contributed by atoms with Crippen LogP contribution in [0.2, 0.25) is 0 Å². The van der Waals surface area contributed by atoms with Crippen molar-refractivity contribution in [2.75, 3.05) is 13.2 Å². The van der Waals surface area contributed by atoms with Crippen molar-refractivity contribution < 1.29 is 28.7 Å². The zero-order valence-electron chi connectivity index (χ0n) is 38.0. The van der Waals surface area contributed by atoms with Crippen LogP contribution in [0.3, 0.4) is 0 Å². The van der Waals surface area contributed by atoms with E-state index in [0.717, 1.165) is 38.6 Å². The van der Waals surface area contributed by atoms with Crippen molar-refractivity contribution in [3.63, 3.8) is 0 Å². The van der Waals surface area contributed by atoms with E-state index < -0.39 is 23.4 Å². The molecule has 67 heavy (non-hydrogen) atoms. The first-order valence-corrected chi connectivity index (χ1v) is 22.8. The number of rotatable bonds is 15. The second kappa shape index (κ2) is 22.4. The van der Waals surface area contributed by atoms with E-state index in [-0.39, 0.29) is 0 Å². The van der Waals surface area contributed by atoms with Crippen LogP contribution in [-0.4, -0.2) is 46.1 Å². The fourth-order valence-electron chi connectivity index (χ4n) is 8.23. The van der Waals surface area contributed by atoms with Gasteiger partial charge in [-0.2, -0.15) is 0 Å². The van der Waals surface area contributed by atoms with Crippen molar-refractivity contribution in [3.05, 3.63) is 191 Å². The van der Waals surface area contributed by atoms with E-state index in [4.69, 9.17) is 20.9 Å². The smallest absolute Gasteiger partial charge is 0.289 e. The number of alkyl halides is 1. The van der Waals surface area contributed by atoms with Gasteiger partial charge in [0.05, 0.1) is 46.1 Å². The molecule has 0 spiro atoms. The zero-order valence-corrected chi connectivity index (χ0v) is 39.6. The Morgan fingerprint density at radius 3 is 1.58 bits per heavy atom. The number of carbonyl (C=O) groups is 4. The molecule has 2 aromatic heterocycles. The number of ketones is 2. The van der Waals surface area contributed by atoms with Gasteiger partial charge in [-0.15, -0.1) is 0 Å². The lowest BCUT2D eigenvalue weighted by atomic mass is 9.95. The number of Topliss-reactive ketones (excluding diaryl/α,β-unsaturated/α-hetero) is 2. The molecule has 0 atom stereocenters. The van der Waals surface area contributed by atoms with E-state index in [1.807, 2.05) is 104 Å². The van der Waals surface area contributed by atoms with Gasteiger partial charge in [0, 0.05) is 23.3 Å². The van der Waals surface area contributed by atoms with Gasteiger partial charge in [0.25, 0.3) is 23.4 Å². The fraction of sp³-hybridized carbons (Fsp3) is 0.143. The third-order valence-corrected chi connectivity index (χ3v) is 11.8. The second-order valence-corrected chi connectivity index (χ2v) is 15.8. The average Bonchev–Trinajstić information content (AvgIpc) is 3.84. The Morgan fingerprint density at radius 2 is 1.06 bits per heavy atom. The SMILES string of the molecule is C=Cc1ccccc1-c1ccccc1CBr.C=Cc1ccccc1-c1ccccc1Cn1c(C)c(C(=O)C(N)=O)c2c(OCC)cccc21.CCOc1cccc2[nH]c(C)c(C(=O)C(N)=O)c12. The molecule has 0 radical (unpaired) electrons. The summed E-state index contributed by atoms with van der Waals surface area (Å²) in [6.07, 6.45) is 3.75. The fourth-order valence-corrected chi connectivity index (χ4v) is 8.72. The summed E-state index contributed by atoms with van der Waals surface area (Å²) in [5.41, 5.74) is 23.2. The summed E-state index contributed by atoms with van der Waals surface area (Å²) >= 11 is 3.53. The number of nitrogens with zero attached hydrogens (tertiary/aromatic N) is 1. The highest BCUT2D eigenvalue weighted by atomic mass is 79.9. The van der Waals surface area contributed by atoms with Gasteiger partial charge in [-0.05, 0) is 96.5 Å². The first-order chi connectivity index (χ1) is 32.4. The van der Waals surface area contributed by atoms with Gasteiger partial charge in [0.1, 0.15) is 11.5 Å². The van der Waals surface area contributed by atoms with E-state index >= 15 is 0 Å². The summed E-state index contributed by atoms with van der Waals surface area (Å²) in [7, 11) is 0. The number of primary amides is 2. The van der Waals surface area contributed by atoms with Crippen LogP contribution in [0.5, 0.6) is 11.5 Å². The standard InChI is InChI=1S/C28H26N2O3.C15H13Br.C13H14N2O3/c1-4-19-11-6-8-13-21(19)22-14-9-7-12-20(22)17-30-18(3)25(27(31)28(29)32)26-23(30)15-10-16-24(26)33-5-2;1-2-12-7-3-5-9-14(12)15-10-6-4-8-13(15)11-16;1-3-18-9-6-4-5-8-11(9)10(7(2)15-8)12(16)13(14)17/h4,6-16H,1,5,17H2,2-3H3,(H2,29,32);2-10H,1,11H2;4-6,15H,3H2,1-2H3,(H2,14,17). The Balaban J connectivity index is 0.000000183. The number of carbonyl (C=O) groups excluding carboxylic acids is 4. The molecule has 11 heteroatoms. The molecule has 0 aliphatic carbocycles. The Morgan fingerprint density at radius 1 is 0.597 bits per heavy atom. The van der Waals surface area contributed by atoms with Crippen LogP contribution in [0, 0.1) is 13.8 Å². The maximum Gasteiger partial charge on any atom is 0.289 e. The number of aryl methyl sites for hydroxylation is 1. The van der Waals surface area contributed by atoms with Crippen LogP contribution in [0.15, 0.2) is 147 Å². The number of hydrogen-bond acceptors (Lipinski definition) is 6. The second-order valence-electron chi connectivity index (χ2n) is 15.3. The molecule has 0 saturated carbocycles. The predicted octanol–water partition coefficient (Wildman–Crippen LogP) is 11.8. The molecule has 0 saturated heterocycles. The highest BCUT2D eigenvalue weighted by Gasteiger charge is 2.27. The first kappa shape index (κ1) is 48.7. The number of benzene rings is 6. The number of hydrogen-bond donors (Lipinski definition) is 3. The van der Waals surface area contributed by atoms with Gasteiger partial charge in [-0.1, -0.05) is 150 Å². The lowest BCUT2D eigenvalue weighted by Crippen LogP contribution is -2.24. The van der Waals surface area contributed by atoms with Gasteiger partial charge < -0.3 is 30.5 Å². The molecule has 10 nitrogen and oxygen atoms in total. The number of aromatic amines is 1. The monoisotopic (exact) mass is 956 g/mol. The van der Waals surface area contributed by atoms with Crippen LogP contribution in [0.25, 0.3) is 56.2 Å². The largest absolute Gasteiger partial charge is 0.493 e. The van der Waals surface area contributed by atoms with Crippen LogP contribution >= 0.6 is 15.9 Å². The number of halogens is 1. The van der Waals surface area contributed by atoms with Crippen molar-refractivity contribution in [2.45, 2.75) is 39.6 Å². The van der Waals surface area contributed by atoms with Crippen molar-refractivity contribution in [2.24, 2.45) is 11.5 Å². The number of H-pyrrole nitrogens is 1. The highest BCUT2D eigenvalue weighted by molar-refractivity contribution is 9.08. The highest BCUT2D eigenvalue weighted by Crippen LogP contribution is 2.37. The first-order valence-electron chi connectivity index (χ1n) is 21.7. The molecule has 8 rings (SSSR count). The molecular weight excluding hydrogens is 905 g/mol. The summed E-state index contributed by atoms with van der Waals surface area (Å²) in [4.78, 5) is 50.7. The minimum absolute atomic E-state index is 0.293. The molecule has 340 valence electrons. The molecule has 0 aliphatic rings. The third-order valence-electron chi connectivity index (χ3n) is 11.2. The van der Waals surface area contributed by atoms with Crippen molar-refractivity contribution in [1.29, 1.82) is 0 Å². The average molecular weight is 958 g/mol. The Labute approximate surface area is 399 Å². The molecule has 0 bridgehead atoms. The van der Waals surface area contributed by atoms with Gasteiger partial charge in [0.15, 0.2) is 0 Å². The van der Waals surface area contributed by atoms with E-state index in [1.165, 1.54) is 22.3 Å². The molecule has 0 fully saturated rings. The molecule has 5 N–H and O–H groups in total. The van der Waals surface area contributed by atoms with Gasteiger partial charge in [-0.3, -0.25) is 19.2 Å². The lowest BCUT2D eigenvalue weighted by Gasteiger charge is -2.15. The number of nitrogens with one attached hydrogen (secondary N) is 1. The predicted molar refractivity (Wildman–Crippen MR) is 275 cm³/mol. The van der Waals surface area contributed by atoms with Gasteiger partial charge >= 0.3 is 0 Å². The molecular formula is C56H53BrN4O6. The molecule has 0 aliphatic heterocycles. The van der Waals surface area contributed by atoms with Crippen LogP contribution in [0.1, 0.15) is 68.2 Å². The maximum atomic E-state index is 12.8.